The fourth-order valence-electron chi connectivity index (χ4n) is 4.34. The molecule has 5 nitrogen and oxygen atoms in total. The Morgan fingerprint density at radius 2 is 1.77 bits per heavy atom. The first-order valence-electron chi connectivity index (χ1n) is 10.3. The number of carbonyl (C=O) groups excluding carboxylic acids is 1. The molecule has 1 amide bonds. The van der Waals surface area contributed by atoms with Gasteiger partial charge in [-0.05, 0) is 54.2 Å². The Hall–Kier alpha value is -2.63. The van der Waals surface area contributed by atoms with E-state index in [1.807, 2.05) is 48.5 Å². The van der Waals surface area contributed by atoms with Crippen LogP contribution in [0.5, 0.6) is 0 Å². The summed E-state index contributed by atoms with van der Waals surface area (Å²) in [6.45, 7) is 0. The van der Waals surface area contributed by atoms with Crippen molar-refractivity contribution in [2.75, 3.05) is 0 Å². The second-order valence-electron chi connectivity index (χ2n) is 7.77. The lowest BCUT2D eigenvalue weighted by Crippen LogP contribution is -2.32. The Labute approximate surface area is 191 Å². The number of carbonyl (C=O) groups is 2. The molecule has 0 spiro atoms. The van der Waals surface area contributed by atoms with Gasteiger partial charge in [0, 0.05) is 22.4 Å². The van der Waals surface area contributed by atoms with Crippen LogP contribution < -0.4 is 0 Å². The van der Waals surface area contributed by atoms with Crippen molar-refractivity contribution < 1.29 is 14.7 Å². The number of carboxylic acid groups (broad SMARTS) is 1. The smallest absolute Gasteiger partial charge is 0.303 e. The van der Waals surface area contributed by atoms with Gasteiger partial charge >= 0.3 is 5.97 Å². The number of rotatable bonds is 5. The number of amides is 1. The van der Waals surface area contributed by atoms with Gasteiger partial charge in [0.1, 0.15) is 0 Å². The number of hydrogen-bond donors (Lipinski definition) is 1. The molecule has 1 aliphatic heterocycles. The molecule has 160 valence electrons. The normalized spacial score (nSPS) is 21.7. The Morgan fingerprint density at radius 3 is 2.48 bits per heavy atom. The third-order valence-electron chi connectivity index (χ3n) is 5.77. The van der Waals surface area contributed by atoms with Crippen molar-refractivity contribution in [3.05, 3.63) is 75.3 Å². The van der Waals surface area contributed by atoms with Crippen molar-refractivity contribution in [3.8, 4) is 0 Å². The van der Waals surface area contributed by atoms with Crippen LogP contribution in [0.1, 0.15) is 49.3 Å². The number of halogens is 2. The van der Waals surface area contributed by atoms with Crippen molar-refractivity contribution in [2.24, 2.45) is 11.0 Å². The van der Waals surface area contributed by atoms with Crippen LogP contribution in [-0.2, 0) is 9.59 Å². The zero-order valence-corrected chi connectivity index (χ0v) is 18.3. The monoisotopic (exact) mass is 456 g/mol. The minimum Gasteiger partial charge on any atom is -0.481 e. The van der Waals surface area contributed by atoms with Crippen molar-refractivity contribution in [2.45, 2.75) is 38.1 Å². The molecule has 31 heavy (non-hydrogen) atoms. The van der Waals surface area contributed by atoms with E-state index >= 15 is 0 Å². The van der Waals surface area contributed by atoms with Crippen LogP contribution >= 0.6 is 23.2 Å². The maximum atomic E-state index is 13.0. The van der Waals surface area contributed by atoms with Crippen LogP contribution in [0.15, 0.2) is 59.2 Å². The number of carboxylic acids is 1. The lowest BCUT2D eigenvalue weighted by atomic mass is 9.77. The molecule has 1 fully saturated rings. The van der Waals surface area contributed by atoms with E-state index in [2.05, 4.69) is 0 Å². The molecule has 0 aromatic heterocycles. The topological polar surface area (TPSA) is 70.0 Å². The Kier molecular flexibility index (Phi) is 6.44. The molecule has 0 unspecified atom stereocenters. The number of fused-ring (bicyclic) bond motifs is 1. The van der Waals surface area contributed by atoms with Crippen LogP contribution in [0, 0.1) is 5.92 Å². The summed E-state index contributed by atoms with van der Waals surface area (Å²) in [6.07, 6.45) is 4.37. The van der Waals surface area contributed by atoms with E-state index < -0.39 is 5.97 Å². The minimum absolute atomic E-state index is 0.00355. The van der Waals surface area contributed by atoms with E-state index in [9.17, 15) is 9.59 Å². The van der Waals surface area contributed by atoms with E-state index in [1.165, 1.54) is 5.01 Å². The molecular weight excluding hydrogens is 435 g/mol. The lowest BCUT2D eigenvalue weighted by molar-refractivity contribution is -0.141. The lowest BCUT2D eigenvalue weighted by Gasteiger charge is -2.30. The van der Waals surface area contributed by atoms with Crippen LogP contribution in [-0.4, -0.2) is 27.7 Å². The largest absolute Gasteiger partial charge is 0.481 e. The standard InChI is InChI=1S/C24H22Cl2N2O3/c25-19-10-3-1-6-15(19)14-16-7-5-9-18-23(16)27-28(21(29)12-13-22(30)31)24(18)17-8-2-4-11-20(17)26/h1-4,6,8,10-11,14,18,24H,5,7,9,12-13H2,(H,30,31)/b16-14+/t18-,24-/m1/s1. The first-order chi connectivity index (χ1) is 15.0. The van der Waals surface area contributed by atoms with Gasteiger partial charge in [0.15, 0.2) is 0 Å². The molecule has 0 bridgehead atoms. The third-order valence-corrected chi connectivity index (χ3v) is 6.46. The second kappa shape index (κ2) is 9.25. The van der Waals surface area contributed by atoms with Gasteiger partial charge in [0.05, 0.1) is 18.2 Å². The van der Waals surface area contributed by atoms with Gasteiger partial charge in [-0.2, -0.15) is 5.10 Å². The molecule has 1 N–H and O–H groups in total. The van der Waals surface area contributed by atoms with E-state index in [-0.39, 0.29) is 30.7 Å². The van der Waals surface area contributed by atoms with Crippen molar-refractivity contribution in [1.29, 1.82) is 0 Å². The summed E-state index contributed by atoms with van der Waals surface area (Å²) in [4.78, 5) is 24.0. The highest BCUT2D eigenvalue weighted by Crippen LogP contribution is 2.46. The maximum Gasteiger partial charge on any atom is 0.303 e. The highest BCUT2D eigenvalue weighted by atomic mass is 35.5. The Balaban J connectivity index is 1.75. The van der Waals surface area contributed by atoms with Crippen LogP contribution in [0.3, 0.4) is 0 Å². The molecule has 0 saturated heterocycles. The number of hydrogen-bond acceptors (Lipinski definition) is 3. The van der Waals surface area contributed by atoms with Crippen LogP contribution in [0.25, 0.3) is 6.08 Å². The summed E-state index contributed by atoms with van der Waals surface area (Å²) in [5.41, 5.74) is 3.65. The summed E-state index contributed by atoms with van der Waals surface area (Å²) < 4.78 is 0. The summed E-state index contributed by atoms with van der Waals surface area (Å²) in [7, 11) is 0. The summed E-state index contributed by atoms with van der Waals surface area (Å²) >= 11 is 12.9. The average Bonchev–Trinajstić information content (AvgIpc) is 3.14. The molecular formula is C24H22Cl2N2O3. The number of allylic oxidation sites excluding steroid dienone is 1. The van der Waals surface area contributed by atoms with E-state index in [1.54, 1.807) is 6.07 Å². The summed E-state index contributed by atoms with van der Waals surface area (Å²) in [5.74, 6) is -1.33. The van der Waals surface area contributed by atoms with Gasteiger partial charge in [-0.15, -0.1) is 0 Å². The van der Waals surface area contributed by atoms with Gasteiger partial charge in [0.25, 0.3) is 0 Å². The van der Waals surface area contributed by atoms with Gasteiger partial charge in [-0.1, -0.05) is 59.6 Å². The molecule has 1 saturated carbocycles. The molecule has 1 aliphatic carbocycles. The highest BCUT2D eigenvalue weighted by Gasteiger charge is 2.44. The quantitative estimate of drug-likeness (QED) is 0.601. The first kappa shape index (κ1) is 21.6. The highest BCUT2D eigenvalue weighted by molar-refractivity contribution is 6.32. The molecule has 2 aromatic carbocycles. The van der Waals surface area contributed by atoms with Crippen molar-refractivity contribution >= 4 is 46.9 Å². The van der Waals surface area contributed by atoms with Crippen molar-refractivity contribution in [3.63, 3.8) is 0 Å². The summed E-state index contributed by atoms with van der Waals surface area (Å²) in [6, 6.07) is 14.7. The SMILES string of the molecule is O=C(O)CCC(=O)N1N=C2/C(=C/c3ccccc3Cl)CCC[C@H]2[C@H]1c1ccccc1Cl. The molecule has 4 rings (SSSR count). The fraction of sp³-hybridized carbons (Fsp3) is 0.292. The van der Waals surface area contributed by atoms with Gasteiger partial charge in [-0.3, -0.25) is 9.59 Å². The fourth-order valence-corrected chi connectivity index (χ4v) is 4.78. The van der Waals surface area contributed by atoms with Crippen LogP contribution in [0.2, 0.25) is 10.0 Å². The molecule has 2 atom stereocenters. The number of aliphatic carboxylic acids is 1. The van der Waals surface area contributed by atoms with Gasteiger partial charge in [0.2, 0.25) is 5.91 Å². The first-order valence-corrected chi connectivity index (χ1v) is 11.0. The molecule has 2 aromatic rings. The summed E-state index contributed by atoms with van der Waals surface area (Å²) in [5, 5.41) is 16.4. The Bertz CT molecular complexity index is 1080. The van der Waals surface area contributed by atoms with Gasteiger partial charge < -0.3 is 5.11 Å². The van der Waals surface area contributed by atoms with Gasteiger partial charge in [-0.25, -0.2) is 5.01 Å². The van der Waals surface area contributed by atoms with Crippen LogP contribution in [0.4, 0.5) is 0 Å². The Morgan fingerprint density at radius 1 is 1.06 bits per heavy atom. The predicted octanol–water partition coefficient (Wildman–Crippen LogP) is 5.98. The number of hydrazone groups is 1. The van der Waals surface area contributed by atoms with E-state index in [0.29, 0.717) is 10.0 Å². The number of benzene rings is 2. The molecule has 2 aliphatic rings. The van der Waals surface area contributed by atoms with E-state index in [0.717, 1.165) is 41.7 Å². The predicted molar refractivity (Wildman–Crippen MR) is 122 cm³/mol. The molecule has 7 heteroatoms. The minimum atomic E-state index is -1.01. The average molecular weight is 457 g/mol. The number of nitrogens with zero attached hydrogens (tertiary/aromatic N) is 2. The third kappa shape index (κ3) is 4.53. The zero-order valence-electron chi connectivity index (χ0n) is 16.8. The zero-order chi connectivity index (χ0) is 22.0. The molecule has 1 heterocycles. The second-order valence-corrected chi connectivity index (χ2v) is 8.59. The van der Waals surface area contributed by atoms with Crippen molar-refractivity contribution in [1.82, 2.24) is 5.01 Å². The molecule has 0 radical (unpaired) electrons. The maximum absolute atomic E-state index is 13.0. The van der Waals surface area contributed by atoms with E-state index in [4.69, 9.17) is 33.4 Å².